The van der Waals surface area contributed by atoms with Gasteiger partial charge in [-0.2, -0.15) is 0 Å². The first kappa shape index (κ1) is 23.7. The minimum Gasteiger partial charge on any atom is -0.417 e. The van der Waals surface area contributed by atoms with Crippen LogP contribution >= 0.6 is 0 Å². The molecule has 0 N–H and O–H groups in total. The van der Waals surface area contributed by atoms with Crippen molar-refractivity contribution in [1.82, 2.24) is 0 Å². The van der Waals surface area contributed by atoms with Gasteiger partial charge in [0.25, 0.3) is 0 Å². The van der Waals surface area contributed by atoms with Crippen molar-refractivity contribution in [2.75, 3.05) is 13.7 Å². The predicted octanol–water partition coefficient (Wildman–Crippen LogP) is 5.30. The maximum atomic E-state index is 6.77. The second kappa shape index (κ2) is 8.88. The van der Waals surface area contributed by atoms with Gasteiger partial charge in [0.15, 0.2) is 25.0 Å². The van der Waals surface area contributed by atoms with Crippen molar-refractivity contribution in [2.24, 2.45) is 0 Å². The molecule has 0 fully saturated rings. The Labute approximate surface area is 149 Å². The third-order valence-electron chi connectivity index (χ3n) is 3.01. The van der Waals surface area contributed by atoms with Gasteiger partial charge < -0.3 is 17.1 Å². The van der Waals surface area contributed by atoms with E-state index in [4.69, 9.17) is 17.1 Å². The smallest absolute Gasteiger partial charge is 0.417 e. The number of rotatable bonds is 11. The van der Waals surface area contributed by atoms with Crippen LogP contribution in [0.4, 0.5) is 0 Å². The highest BCUT2D eigenvalue weighted by Crippen LogP contribution is 2.38. The van der Waals surface area contributed by atoms with Crippen LogP contribution in [-0.2, 0) is 17.1 Å². The highest BCUT2D eigenvalue weighted by Gasteiger charge is 2.54. The van der Waals surface area contributed by atoms with Crippen molar-refractivity contribution in [3.63, 3.8) is 0 Å². The lowest BCUT2D eigenvalue weighted by Crippen LogP contribution is -2.63. The van der Waals surface area contributed by atoms with Crippen LogP contribution in [0.3, 0.4) is 0 Å². The number of hydrogen-bond acceptors (Lipinski definition) is 4. The van der Waals surface area contributed by atoms with E-state index in [1.54, 1.807) is 7.11 Å². The van der Waals surface area contributed by atoms with E-state index in [2.05, 4.69) is 65.8 Å². The minimum atomic E-state index is -2.76. The molecule has 0 radical (unpaired) electrons. The molecule has 0 saturated heterocycles. The van der Waals surface area contributed by atoms with Gasteiger partial charge in [-0.15, -0.1) is 0 Å². The Morgan fingerprint density at radius 1 is 0.696 bits per heavy atom. The molecule has 0 rings (SSSR count). The third kappa shape index (κ3) is 10.3. The maximum Gasteiger partial charge on any atom is 0.472 e. The maximum absolute atomic E-state index is 6.77. The van der Waals surface area contributed by atoms with E-state index >= 15 is 0 Å². The molecular weight excluding hydrogens is 357 g/mol. The van der Waals surface area contributed by atoms with Crippen LogP contribution in [0.25, 0.3) is 0 Å². The summed E-state index contributed by atoms with van der Waals surface area (Å²) in [6.45, 7) is 23.1. The summed E-state index contributed by atoms with van der Waals surface area (Å²) < 4.78 is 25.7. The molecule has 0 aliphatic carbocycles. The van der Waals surface area contributed by atoms with E-state index in [9.17, 15) is 0 Å². The summed E-state index contributed by atoms with van der Waals surface area (Å²) in [6.07, 6.45) is 1.95. The Bertz CT molecular complexity index is 304. The summed E-state index contributed by atoms with van der Waals surface area (Å²) in [4.78, 5) is 0. The molecule has 0 saturated carbocycles. The average molecular weight is 397 g/mol. The van der Waals surface area contributed by atoms with Gasteiger partial charge in [-0.1, -0.05) is 6.92 Å². The topological polar surface area (TPSA) is 36.9 Å². The lowest BCUT2D eigenvalue weighted by atomic mass is 10.2. The van der Waals surface area contributed by atoms with Gasteiger partial charge in [-0.3, -0.25) is 0 Å². The van der Waals surface area contributed by atoms with Crippen LogP contribution in [0, 0.1) is 0 Å². The van der Waals surface area contributed by atoms with E-state index < -0.39 is 33.8 Å². The SMILES string of the molecule is CCC(CCOC)[Si](O[Si](C)(C)C)(O[Si](C)(C)C)O[Si](C)(C)C. The number of methoxy groups -OCH3 is 1. The van der Waals surface area contributed by atoms with Crippen molar-refractivity contribution >= 4 is 33.8 Å². The van der Waals surface area contributed by atoms with Gasteiger partial charge in [0.05, 0.1) is 0 Å². The molecule has 0 aliphatic rings. The highest BCUT2D eigenvalue weighted by atomic mass is 28.5. The molecule has 140 valence electrons. The second-order valence-electron chi connectivity index (χ2n) is 9.13. The first-order valence-electron chi connectivity index (χ1n) is 8.73. The molecule has 0 aliphatic heterocycles. The van der Waals surface area contributed by atoms with Crippen LogP contribution in [0.1, 0.15) is 19.8 Å². The number of ether oxygens (including phenoxy) is 1. The number of hydrogen-bond donors (Lipinski definition) is 0. The molecule has 4 nitrogen and oxygen atoms in total. The van der Waals surface area contributed by atoms with Crippen molar-refractivity contribution in [3.8, 4) is 0 Å². The summed E-state index contributed by atoms with van der Waals surface area (Å²) in [5, 5.41) is 0. The monoisotopic (exact) mass is 396 g/mol. The fraction of sp³-hybridized carbons (Fsp3) is 1.00. The van der Waals surface area contributed by atoms with Crippen molar-refractivity contribution in [1.29, 1.82) is 0 Å². The van der Waals surface area contributed by atoms with Gasteiger partial charge in [-0.05, 0) is 71.8 Å². The summed E-state index contributed by atoms with van der Waals surface area (Å²) in [5.74, 6) is 0. The van der Waals surface area contributed by atoms with Crippen LogP contribution in [-0.4, -0.2) is 47.5 Å². The zero-order valence-corrected chi connectivity index (χ0v) is 21.3. The Kier molecular flexibility index (Phi) is 9.16. The van der Waals surface area contributed by atoms with E-state index in [0.29, 0.717) is 5.54 Å². The fourth-order valence-electron chi connectivity index (χ4n) is 2.48. The summed E-state index contributed by atoms with van der Waals surface area (Å²) in [7, 11) is -6.39. The molecule has 0 aromatic heterocycles. The molecule has 0 heterocycles. The van der Waals surface area contributed by atoms with Crippen molar-refractivity contribution in [2.45, 2.75) is 84.2 Å². The Balaban J connectivity index is 5.87. The van der Waals surface area contributed by atoms with Crippen molar-refractivity contribution < 1.29 is 17.1 Å². The van der Waals surface area contributed by atoms with E-state index in [-0.39, 0.29) is 0 Å². The minimum absolute atomic E-state index is 0.313. The van der Waals surface area contributed by atoms with Crippen molar-refractivity contribution in [3.05, 3.63) is 0 Å². The summed E-state index contributed by atoms with van der Waals surface area (Å²) >= 11 is 0. The van der Waals surface area contributed by atoms with Crippen LogP contribution in [0.15, 0.2) is 0 Å². The van der Waals surface area contributed by atoms with E-state index in [1.807, 2.05) is 0 Å². The quantitative estimate of drug-likeness (QED) is 0.444. The lowest BCUT2D eigenvalue weighted by molar-refractivity contribution is 0.173. The zero-order valence-electron chi connectivity index (χ0n) is 17.3. The molecule has 0 spiro atoms. The second-order valence-corrected chi connectivity index (χ2v) is 26.3. The molecule has 0 bridgehead atoms. The highest BCUT2D eigenvalue weighted by molar-refractivity contribution is 6.90. The molecule has 8 heteroatoms. The largest absolute Gasteiger partial charge is 0.472 e. The predicted molar refractivity (Wildman–Crippen MR) is 110 cm³/mol. The molecule has 0 aromatic carbocycles. The van der Waals surface area contributed by atoms with Gasteiger partial charge in [-0.25, -0.2) is 0 Å². The molecule has 23 heavy (non-hydrogen) atoms. The standard InChI is InChI=1S/C15H40O4Si4/c1-12-15(13-14-16-2)23(17-20(3,4)5,18-21(6,7)8)19-22(9,10)11/h15H,12-14H2,1-11H3. The molecule has 1 unspecified atom stereocenters. The first-order chi connectivity index (χ1) is 10.1. The van der Waals surface area contributed by atoms with E-state index in [1.165, 1.54) is 0 Å². The lowest BCUT2D eigenvalue weighted by Gasteiger charge is -2.46. The van der Waals surface area contributed by atoms with Gasteiger partial charge in [0, 0.05) is 19.3 Å². The van der Waals surface area contributed by atoms with Gasteiger partial charge in [0.2, 0.25) is 0 Å². The Morgan fingerprint density at radius 2 is 1.04 bits per heavy atom. The average Bonchev–Trinajstić information content (AvgIpc) is 2.21. The van der Waals surface area contributed by atoms with Crippen LogP contribution < -0.4 is 0 Å². The third-order valence-corrected chi connectivity index (χ3v) is 15.5. The van der Waals surface area contributed by atoms with Crippen LogP contribution in [0.2, 0.25) is 64.5 Å². The van der Waals surface area contributed by atoms with Crippen LogP contribution in [0.5, 0.6) is 0 Å². The van der Waals surface area contributed by atoms with E-state index in [0.717, 1.165) is 19.4 Å². The van der Waals surface area contributed by atoms with Gasteiger partial charge >= 0.3 is 8.80 Å². The Morgan fingerprint density at radius 3 is 1.26 bits per heavy atom. The zero-order chi connectivity index (χ0) is 18.5. The summed E-state index contributed by atoms with van der Waals surface area (Å²) in [5.41, 5.74) is 0.313. The van der Waals surface area contributed by atoms with Gasteiger partial charge in [0.1, 0.15) is 0 Å². The molecule has 1 atom stereocenters. The fourth-order valence-corrected chi connectivity index (χ4v) is 17.3. The first-order valence-corrected chi connectivity index (χ1v) is 20.8. The molecule has 0 amide bonds. The Hall–Kier alpha value is 0.708. The summed E-state index contributed by atoms with van der Waals surface area (Å²) in [6, 6.07) is 0. The normalized spacial score (nSPS) is 15.8. The molecular formula is C15H40O4Si4. The molecule has 0 aromatic rings.